The van der Waals surface area contributed by atoms with Crippen LogP contribution in [0.2, 0.25) is 0 Å². The molecule has 2 aromatic rings. The van der Waals surface area contributed by atoms with Gasteiger partial charge < -0.3 is 10.1 Å². The zero-order chi connectivity index (χ0) is 14.5. The number of hydrogen-bond donors (Lipinski definition) is 1. The molecule has 0 fully saturated rings. The van der Waals surface area contributed by atoms with Crippen LogP contribution in [-0.2, 0) is 9.53 Å². The monoisotopic (exact) mass is 276 g/mol. The number of aromatic nitrogens is 1. The fraction of sp³-hybridized carbons (Fsp3) is 0.214. The van der Waals surface area contributed by atoms with Gasteiger partial charge in [-0.25, -0.2) is 9.37 Å². The van der Waals surface area contributed by atoms with Crippen molar-refractivity contribution in [3.8, 4) is 0 Å². The number of amides is 1. The van der Waals surface area contributed by atoms with Crippen LogP contribution in [0.25, 0.3) is 10.9 Å². The first-order valence-corrected chi connectivity index (χ1v) is 6.01. The highest BCUT2D eigenvalue weighted by molar-refractivity contribution is 5.95. The zero-order valence-corrected chi connectivity index (χ0v) is 10.9. The quantitative estimate of drug-likeness (QED) is 0.862. The van der Waals surface area contributed by atoms with Crippen LogP contribution >= 0.6 is 0 Å². The van der Waals surface area contributed by atoms with Gasteiger partial charge in [-0.05, 0) is 18.2 Å². The molecule has 0 spiro atoms. The van der Waals surface area contributed by atoms with Gasteiger partial charge in [-0.1, -0.05) is 6.07 Å². The van der Waals surface area contributed by atoms with Crippen LogP contribution in [0.5, 0.6) is 0 Å². The number of nitrogens with one attached hydrogen (secondary N) is 1. The molecule has 20 heavy (non-hydrogen) atoms. The van der Waals surface area contributed by atoms with E-state index < -0.39 is 17.7 Å². The highest BCUT2D eigenvalue weighted by atomic mass is 19.1. The maximum absolute atomic E-state index is 13.1. The van der Waals surface area contributed by atoms with Crippen molar-refractivity contribution < 1.29 is 18.7 Å². The Bertz CT molecular complexity index is 658. The molecular weight excluding hydrogens is 263 g/mol. The van der Waals surface area contributed by atoms with Gasteiger partial charge in [0.1, 0.15) is 11.5 Å². The summed E-state index contributed by atoms with van der Waals surface area (Å²) in [7, 11) is 1.28. The molecule has 104 valence electrons. The Kier molecular flexibility index (Phi) is 4.24. The van der Waals surface area contributed by atoms with Crippen molar-refractivity contribution in [2.45, 2.75) is 6.42 Å². The molecule has 0 saturated carbocycles. The Labute approximate surface area is 114 Å². The maximum Gasteiger partial charge on any atom is 0.307 e. The number of methoxy groups -OCH3 is 1. The third-order valence-electron chi connectivity index (χ3n) is 2.73. The fourth-order valence-electron chi connectivity index (χ4n) is 1.69. The van der Waals surface area contributed by atoms with E-state index >= 15 is 0 Å². The summed E-state index contributed by atoms with van der Waals surface area (Å²) in [5.74, 6) is -1.23. The topological polar surface area (TPSA) is 68.3 Å². The molecule has 5 nitrogen and oxygen atoms in total. The summed E-state index contributed by atoms with van der Waals surface area (Å²) in [4.78, 5) is 26.8. The first kappa shape index (κ1) is 13.9. The highest BCUT2D eigenvalue weighted by Gasteiger charge is 2.09. The molecule has 1 aromatic heterocycles. The number of esters is 1. The van der Waals surface area contributed by atoms with Crippen molar-refractivity contribution >= 4 is 22.8 Å². The van der Waals surface area contributed by atoms with Gasteiger partial charge in [-0.2, -0.15) is 0 Å². The molecule has 0 aliphatic carbocycles. The second kappa shape index (κ2) is 6.10. The minimum atomic E-state index is -0.417. The Balaban J connectivity index is 2.08. The van der Waals surface area contributed by atoms with Crippen molar-refractivity contribution in [2.24, 2.45) is 0 Å². The molecule has 1 amide bonds. The molecule has 1 N–H and O–H groups in total. The molecule has 0 unspecified atom stereocenters. The third-order valence-corrected chi connectivity index (χ3v) is 2.73. The van der Waals surface area contributed by atoms with Gasteiger partial charge in [-0.3, -0.25) is 9.59 Å². The molecule has 0 bridgehead atoms. The van der Waals surface area contributed by atoms with E-state index in [1.807, 2.05) is 0 Å². The predicted octanol–water partition coefficient (Wildman–Crippen LogP) is 1.67. The van der Waals surface area contributed by atoms with E-state index in [-0.39, 0.29) is 18.7 Å². The van der Waals surface area contributed by atoms with Gasteiger partial charge >= 0.3 is 5.97 Å². The number of hydrogen-bond acceptors (Lipinski definition) is 4. The standard InChI is InChI=1S/C14H13FN2O3/c1-20-13(18)6-7-16-14(19)11-5-3-9-2-4-10(15)8-12(9)17-11/h2-5,8H,6-7H2,1H3,(H,16,19). The summed E-state index contributed by atoms with van der Waals surface area (Å²) in [6.07, 6.45) is 0.0877. The molecule has 0 aliphatic rings. The Morgan fingerprint density at radius 1 is 1.30 bits per heavy atom. The fourth-order valence-corrected chi connectivity index (χ4v) is 1.69. The first-order chi connectivity index (χ1) is 9.60. The van der Waals surface area contributed by atoms with E-state index in [9.17, 15) is 14.0 Å². The minimum absolute atomic E-state index is 0.0877. The number of benzene rings is 1. The van der Waals surface area contributed by atoms with Gasteiger partial charge in [0.15, 0.2) is 0 Å². The lowest BCUT2D eigenvalue weighted by Gasteiger charge is -2.05. The number of ether oxygens (including phenoxy) is 1. The van der Waals surface area contributed by atoms with Gasteiger partial charge in [0.05, 0.1) is 19.0 Å². The zero-order valence-electron chi connectivity index (χ0n) is 10.9. The highest BCUT2D eigenvalue weighted by Crippen LogP contribution is 2.14. The molecule has 6 heteroatoms. The second-order valence-electron chi connectivity index (χ2n) is 4.12. The predicted molar refractivity (Wildman–Crippen MR) is 70.7 cm³/mol. The van der Waals surface area contributed by atoms with Gasteiger partial charge in [-0.15, -0.1) is 0 Å². The van der Waals surface area contributed by atoms with Crippen molar-refractivity contribution in [3.63, 3.8) is 0 Å². The van der Waals surface area contributed by atoms with E-state index in [1.54, 1.807) is 18.2 Å². The summed E-state index contributed by atoms with van der Waals surface area (Å²) in [6.45, 7) is 0.161. The molecule has 1 heterocycles. The lowest BCUT2D eigenvalue weighted by atomic mass is 10.2. The average Bonchev–Trinajstić information content (AvgIpc) is 2.46. The largest absolute Gasteiger partial charge is 0.469 e. The molecule has 0 atom stereocenters. The number of fused-ring (bicyclic) bond motifs is 1. The van der Waals surface area contributed by atoms with Crippen LogP contribution in [0.4, 0.5) is 4.39 Å². The number of carbonyl (C=O) groups excluding carboxylic acids is 2. The Morgan fingerprint density at radius 2 is 2.05 bits per heavy atom. The Hall–Kier alpha value is -2.50. The molecule has 0 aliphatic heterocycles. The third kappa shape index (κ3) is 3.28. The van der Waals surface area contributed by atoms with Crippen molar-refractivity contribution in [1.29, 1.82) is 0 Å². The van der Waals surface area contributed by atoms with Crippen molar-refractivity contribution in [1.82, 2.24) is 10.3 Å². The van der Waals surface area contributed by atoms with Crippen LogP contribution < -0.4 is 5.32 Å². The molecular formula is C14H13FN2O3. The van der Waals surface area contributed by atoms with E-state index in [2.05, 4.69) is 15.0 Å². The normalized spacial score (nSPS) is 10.3. The number of pyridine rings is 1. The number of nitrogens with zero attached hydrogens (tertiary/aromatic N) is 1. The van der Waals surface area contributed by atoms with E-state index in [1.165, 1.54) is 19.2 Å². The lowest BCUT2D eigenvalue weighted by Crippen LogP contribution is -2.27. The molecule has 1 aromatic carbocycles. The summed E-state index contributed by atoms with van der Waals surface area (Å²) in [6, 6.07) is 7.43. The maximum atomic E-state index is 13.1. The Morgan fingerprint density at radius 3 is 2.80 bits per heavy atom. The van der Waals surface area contributed by atoms with Crippen LogP contribution in [-0.4, -0.2) is 30.5 Å². The smallest absolute Gasteiger partial charge is 0.307 e. The van der Waals surface area contributed by atoms with Crippen molar-refractivity contribution in [2.75, 3.05) is 13.7 Å². The SMILES string of the molecule is COC(=O)CCNC(=O)c1ccc2ccc(F)cc2n1. The van der Waals surface area contributed by atoms with Gasteiger partial charge in [0.25, 0.3) is 5.91 Å². The summed E-state index contributed by atoms with van der Waals surface area (Å²) in [5, 5.41) is 3.30. The minimum Gasteiger partial charge on any atom is -0.469 e. The summed E-state index contributed by atoms with van der Waals surface area (Å²) >= 11 is 0. The van der Waals surface area contributed by atoms with Gasteiger partial charge in [0, 0.05) is 18.0 Å². The van der Waals surface area contributed by atoms with E-state index in [0.29, 0.717) is 5.52 Å². The van der Waals surface area contributed by atoms with E-state index in [0.717, 1.165) is 5.39 Å². The average molecular weight is 276 g/mol. The van der Waals surface area contributed by atoms with Crippen LogP contribution in [0.1, 0.15) is 16.9 Å². The number of rotatable bonds is 4. The summed E-state index contributed by atoms with van der Waals surface area (Å²) in [5.41, 5.74) is 0.582. The molecule has 0 saturated heterocycles. The van der Waals surface area contributed by atoms with Crippen LogP contribution in [0.15, 0.2) is 30.3 Å². The molecule has 2 rings (SSSR count). The number of halogens is 1. The van der Waals surface area contributed by atoms with E-state index in [4.69, 9.17) is 0 Å². The van der Waals surface area contributed by atoms with Crippen molar-refractivity contribution in [3.05, 3.63) is 41.8 Å². The summed E-state index contributed by atoms with van der Waals surface area (Å²) < 4.78 is 17.6. The van der Waals surface area contributed by atoms with Gasteiger partial charge in [0.2, 0.25) is 0 Å². The van der Waals surface area contributed by atoms with Crippen LogP contribution in [0.3, 0.4) is 0 Å². The number of carbonyl (C=O) groups is 2. The van der Waals surface area contributed by atoms with Crippen LogP contribution in [0, 0.1) is 5.82 Å². The second-order valence-corrected chi connectivity index (χ2v) is 4.12. The molecule has 0 radical (unpaired) electrons. The lowest BCUT2D eigenvalue weighted by molar-refractivity contribution is -0.140. The first-order valence-electron chi connectivity index (χ1n) is 6.01.